The molecule has 4 aliphatic carbocycles. The van der Waals surface area contributed by atoms with E-state index in [1.165, 1.54) is 22.7 Å². The van der Waals surface area contributed by atoms with Crippen molar-refractivity contribution in [2.45, 2.75) is 25.0 Å². The summed E-state index contributed by atoms with van der Waals surface area (Å²) < 4.78 is 11.7. The highest BCUT2D eigenvalue weighted by molar-refractivity contribution is 7.13. The number of esters is 2. The molecule has 0 saturated carbocycles. The SMILES string of the molecule is O=C(OCc1ccccc1)C1=CC2c3sc(/C=C4\C(=O)C(=O)c5ccccc54)nc3C(C(=O)OCc3ccccc3)=CC2c2sc(/C=C3\C(=O)C(=O)c4ccccc43)nc21. The third kappa shape index (κ3) is 6.33. The van der Waals surface area contributed by atoms with Crippen molar-refractivity contribution in [3.05, 3.63) is 186 Å². The van der Waals surface area contributed by atoms with Gasteiger partial charge in [-0.05, 0) is 34.4 Å². The van der Waals surface area contributed by atoms with E-state index >= 15 is 0 Å². The van der Waals surface area contributed by atoms with Crippen molar-refractivity contribution in [3.8, 4) is 0 Å². The largest absolute Gasteiger partial charge is 0.457 e. The molecule has 0 spiro atoms. The molecule has 0 N–H and O–H groups in total. The smallest absolute Gasteiger partial charge is 0.340 e. The summed E-state index contributed by atoms with van der Waals surface area (Å²) in [7, 11) is 0. The number of fused-ring (bicyclic) bond motifs is 7. The van der Waals surface area contributed by atoms with E-state index in [1.807, 2.05) is 60.7 Å². The fourth-order valence-corrected chi connectivity index (χ4v) is 10.2. The van der Waals surface area contributed by atoms with E-state index in [0.717, 1.165) is 11.1 Å². The van der Waals surface area contributed by atoms with E-state index < -0.39 is 46.9 Å². The minimum absolute atomic E-state index is 0.00391. The van der Waals surface area contributed by atoms with E-state index in [2.05, 4.69) is 0 Å². The maximum absolute atomic E-state index is 14.1. The Balaban J connectivity index is 1.10. The van der Waals surface area contributed by atoms with E-state index in [1.54, 1.807) is 72.8 Å². The topological polar surface area (TPSA) is 147 Å². The molecule has 0 bridgehead atoms. The molecule has 10 rings (SSSR count). The van der Waals surface area contributed by atoms with Crippen molar-refractivity contribution in [1.82, 2.24) is 9.97 Å². The van der Waals surface area contributed by atoms with Crippen LogP contribution in [0.2, 0.25) is 0 Å². The first-order chi connectivity index (χ1) is 29.2. The Morgan fingerprint density at radius 1 is 0.500 bits per heavy atom. The number of ketones is 4. The van der Waals surface area contributed by atoms with Gasteiger partial charge < -0.3 is 9.47 Å². The molecule has 12 heteroatoms. The second-order valence-electron chi connectivity index (χ2n) is 14.4. The average Bonchev–Trinajstić information content (AvgIpc) is 4.03. The van der Waals surface area contributed by atoms with Crippen LogP contribution in [0.15, 0.2) is 121 Å². The quantitative estimate of drug-likeness (QED) is 0.0834. The molecule has 2 aromatic heterocycles. The molecule has 4 aliphatic rings. The summed E-state index contributed by atoms with van der Waals surface area (Å²) in [5.74, 6) is -4.86. The molecule has 0 amide bonds. The first-order valence-electron chi connectivity index (χ1n) is 18.9. The van der Waals surface area contributed by atoms with E-state index in [4.69, 9.17) is 19.4 Å². The van der Waals surface area contributed by atoms with Gasteiger partial charge >= 0.3 is 11.9 Å². The molecule has 6 aromatic rings. The van der Waals surface area contributed by atoms with Crippen LogP contribution < -0.4 is 0 Å². The van der Waals surface area contributed by atoms with Crippen molar-refractivity contribution >= 4 is 92.2 Å². The molecule has 0 fully saturated rings. The molecule has 2 unspecified atom stereocenters. The summed E-state index contributed by atoms with van der Waals surface area (Å²) in [6.07, 6.45) is 6.68. The summed E-state index contributed by atoms with van der Waals surface area (Å²) in [5, 5.41) is 0.751. The molecule has 10 nitrogen and oxygen atoms in total. The average molecular weight is 825 g/mol. The third-order valence-electron chi connectivity index (χ3n) is 10.8. The summed E-state index contributed by atoms with van der Waals surface area (Å²) in [5.41, 5.74) is 4.61. The van der Waals surface area contributed by atoms with Crippen molar-refractivity contribution in [1.29, 1.82) is 0 Å². The van der Waals surface area contributed by atoms with Crippen LogP contribution >= 0.6 is 22.7 Å². The number of aromatic nitrogens is 2. The van der Waals surface area contributed by atoms with E-state index in [9.17, 15) is 28.8 Å². The van der Waals surface area contributed by atoms with Gasteiger partial charge in [-0.3, -0.25) is 19.2 Å². The number of thiazole rings is 2. The van der Waals surface area contributed by atoms with E-state index in [-0.39, 0.29) is 35.5 Å². The van der Waals surface area contributed by atoms with Crippen LogP contribution in [0.25, 0.3) is 34.4 Å². The lowest BCUT2D eigenvalue weighted by molar-refractivity contribution is -0.138. The van der Waals surface area contributed by atoms with Crippen LogP contribution in [0, 0.1) is 0 Å². The highest BCUT2D eigenvalue weighted by Crippen LogP contribution is 2.54. The maximum Gasteiger partial charge on any atom is 0.340 e. The molecule has 2 atom stereocenters. The zero-order chi connectivity index (χ0) is 41.1. The molecule has 60 heavy (non-hydrogen) atoms. The molecular weight excluding hydrogens is 797 g/mol. The molecule has 0 aliphatic heterocycles. The van der Waals surface area contributed by atoms with Crippen LogP contribution in [0.5, 0.6) is 0 Å². The van der Waals surface area contributed by atoms with Gasteiger partial charge in [0.25, 0.3) is 0 Å². The Labute approximate surface area is 349 Å². The summed E-state index contributed by atoms with van der Waals surface area (Å²) in [6.45, 7) is 0.00782. The fourth-order valence-electron chi connectivity index (χ4n) is 7.89. The lowest BCUT2D eigenvalue weighted by atomic mass is 9.76. The highest BCUT2D eigenvalue weighted by atomic mass is 32.1. The van der Waals surface area contributed by atoms with Crippen LogP contribution in [0.3, 0.4) is 0 Å². The molecule has 4 aromatic carbocycles. The Hall–Kier alpha value is -7.28. The molecular formula is C48H28N2O8S2. The molecule has 0 saturated heterocycles. The number of nitrogens with zero attached hydrogens (tertiary/aromatic N) is 2. The number of benzene rings is 4. The number of carbonyl (C=O) groups is 6. The highest BCUT2D eigenvalue weighted by Gasteiger charge is 2.43. The van der Waals surface area contributed by atoms with Crippen LogP contribution in [0.1, 0.15) is 86.0 Å². The third-order valence-corrected chi connectivity index (χ3v) is 13.0. The summed E-state index contributed by atoms with van der Waals surface area (Å²) >= 11 is 2.48. The Bertz CT molecular complexity index is 2800. The van der Waals surface area contributed by atoms with Crippen LogP contribution in [-0.4, -0.2) is 45.0 Å². The number of hydrogen-bond acceptors (Lipinski definition) is 12. The lowest BCUT2D eigenvalue weighted by Gasteiger charge is -2.30. The predicted octanol–water partition coefficient (Wildman–Crippen LogP) is 8.36. The van der Waals surface area contributed by atoms with Gasteiger partial charge in [0.05, 0.1) is 22.5 Å². The zero-order valence-corrected chi connectivity index (χ0v) is 32.9. The Kier molecular flexibility index (Phi) is 9.15. The Morgan fingerprint density at radius 3 is 1.27 bits per heavy atom. The van der Waals surface area contributed by atoms with Crippen LogP contribution in [-0.2, 0) is 41.9 Å². The van der Waals surface area contributed by atoms with Gasteiger partial charge in [0.2, 0.25) is 23.1 Å². The van der Waals surface area contributed by atoms with Gasteiger partial charge in [-0.2, -0.15) is 0 Å². The van der Waals surface area contributed by atoms with Crippen molar-refractivity contribution in [2.24, 2.45) is 0 Å². The van der Waals surface area contributed by atoms with Crippen molar-refractivity contribution in [3.63, 3.8) is 0 Å². The minimum Gasteiger partial charge on any atom is -0.457 e. The van der Waals surface area contributed by atoms with Crippen molar-refractivity contribution in [2.75, 3.05) is 0 Å². The number of ether oxygens (including phenoxy) is 2. The van der Waals surface area contributed by atoms with Gasteiger partial charge in [0.1, 0.15) is 23.2 Å². The zero-order valence-electron chi connectivity index (χ0n) is 31.2. The number of allylic oxidation sites excluding steroid dienone is 4. The second-order valence-corrected chi connectivity index (χ2v) is 16.5. The van der Waals surface area contributed by atoms with Crippen LogP contribution in [0.4, 0.5) is 0 Å². The molecule has 290 valence electrons. The number of hydrogen-bond donors (Lipinski definition) is 0. The van der Waals surface area contributed by atoms with Crippen molar-refractivity contribution < 1.29 is 38.2 Å². The molecule has 0 radical (unpaired) electrons. The summed E-state index contributed by atoms with van der Waals surface area (Å²) in [4.78, 5) is 91.6. The minimum atomic E-state index is -0.651. The number of carbonyl (C=O) groups excluding carboxylic acids is 6. The fraction of sp³-hybridized carbons (Fsp3) is 0.0833. The summed E-state index contributed by atoms with van der Waals surface area (Å²) in [6, 6.07) is 32.1. The number of rotatable bonds is 8. The van der Waals surface area contributed by atoms with Gasteiger partial charge in [-0.25, -0.2) is 19.6 Å². The normalized spacial score (nSPS) is 18.7. The predicted molar refractivity (Wildman–Crippen MR) is 225 cm³/mol. The molecule has 2 heterocycles. The van der Waals surface area contributed by atoms with Gasteiger partial charge in [0.15, 0.2) is 0 Å². The lowest BCUT2D eigenvalue weighted by Crippen LogP contribution is -2.23. The second kappa shape index (κ2) is 14.8. The van der Waals surface area contributed by atoms with Gasteiger partial charge in [0, 0.05) is 43.9 Å². The standard InChI is InChI=1S/C48H28N2O8S2/c51-41-29-17-9-7-15-27(29)31(43(41)53)21-37-49-39-35(47(55)57-23-25-11-3-1-4-12-25)19-33-34(45(39)59-37)20-36(48(56)58-24-26-13-5-2-6-14-26)40-46(33)60-38(50-40)22-32-28-16-8-10-18-30(28)42(52)44(32)54/h1-22,33-34H,23-24H2/b31-21-,32-22-. The monoisotopic (exact) mass is 824 g/mol. The Morgan fingerprint density at radius 2 is 0.867 bits per heavy atom. The van der Waals surface area contributed by atoms with Gasteiger partial charge in [-0.1, -0.05) is 121 Å². The number of Topliss-reactive ketones (excluding diaryl/α,β-unsaturated/α-hetero) is 4. The maximum atomic E-state index is 14.1. The van der Waals surface area contributed by atoms with E-state index in [0.29, 0.717) is 53.4 Å². The van der Waals surface area contributed by atoms with Gasteiger partial charge in [-0.15, -0.1) is 22.7 Å². The first-order valence-corrected chi connectivity index (χ1v) is 20.5. The first kappa shape index (κ1) is 37.0.